The van der Waals surface area contributed by atoms with Gasteiger partial charge in [0.25, 0.3) is 5.91 Å². The molecule has 1 atom stereocenters. The molecule has 1 amide bonds. The number of ketones is 1. The predicted octanol–water partition coefficient (Wildman–Crippen LogP) is 2.41. The molecule has 0 radical (unpaired) electrons. The molecule has 0 fully saturated rings. The van der Waals surface area contributed by atoms with Crippen LogP contribution < -0.4 is 5.32 Å². The molecule has 2 rings (SSSR count). The topological polar surface area (TPSA) is 74.8 Å². The molecule has 5 heteroatoms. The van der Waals surface area contributed by atoms with E-state index < -0.39 is 0 Å². The molecular formula is C15H17N3O2. The molecule has 1 unspecified atom stereocenters. The van der Waals surface area contributed by atoms with E-state index in [0.29, 0.717) is 11.3 Å². The number of Topliss-reactive ketones (excluding diaryl/α,β-unsaturated/α-hetero) is 1. The van der Waals surface area contributed by atoms with Gasteiger partial charge in [-0.15, -0.1) is 0 Å². The van der Waals surface area contributed by atoms with Gasteiger partial charge in [-0.1, -0.05) is 18.2 Å². The predicted molar refractivity (Wildman–Crippen MR) is 75.7 cm³/mol. The molecule has 0 aliphatic carbocycles. The van der Waals surface area contributed by atoms with Crippen LogP contribution in [0.2, 0.25) is 0 Å². The van der Waals surface area contributed by atoms with Crippen molar-refractivity contribution in [2.24, 2.45) is 0 Å². The maximum atomic E-state index is 12.0. The number of hydrogen-bond acceptors (Lipinski definition) is 3. The Morgan fingerprint density at radius 3 is 2.65 bits per heavy atom. The van der Waals surface area contributed by atoms with Crippen LogP contribution in [-0.4, -0.2) is 21.9 Å². The molecule has 2 aromatic rings. The smallest absolute Gasteiger partial charge is 0.272 e. The van der Waals surface area contributed by atoms with Gasteiger partial charge in [-0.2, -0.15) is 5.10 Å². The van der Waals surface area contributed by atoms with Gasteiger partial charge in [-0.25, -0.2) is 0 Å². The molecule has 0 aliphatic rings. The van der Waals surface area contributed by atoms with Gasteiger partial charge in [-0.3, -0.25) is 14.7 Å². The summed E-state index contributed by atoms with van der Waals surface area (Å²) in [5.74, 6) is -0.233. The maximum Gasteiger partial charge on any atom is 0.272 e. The molecule has 0 saturated carbocycles. The van der Waals surface area contributed by atoms with Crippen molar-refractivity contribution in [2.75, 3.05) is 0 Å². The average Bonchev–Trinajstić information content (AvgIpc) is 2.85. The minimum absolute atomic E-state index is 0.00769. The van der Waals surface area contributed by atoms with Crippen LogP contribution in [0.5, 0.6) is 0 Å². The normalized spacial score (nSPS) is 11.9. The second-order valence-corrected chi connectivity index (χ2v) is 4.81. The van der Waals surface area contributed by atoms with Crippen molar-refractivity contribution in [2.45, 2.75) is 26.8 Å². The minimum atomic E-state index is -0.241. The summed E-state index contributed by atoms with van der Waals surface area (Å²) in [6, 6.07) is 8.74. The lowest BCUT2D eigenvalue weighted by Gasteiger charge is -2.14. The zero-order chi connectivity index (χ0) is 14.7. The van der Waals surface area contributed by atoms with Crippen LogP contribution in [-0.2, 0) is 0 Å². The third-order valence-electron chi connectivity index (χ3n) is 3.08. The fourth-order valence-electron chi connectivity index (χ4n) is 1.92. The first-order valence-corrected chi connectivity index (χ1v) is 6.41. The molecular weight excluding hydrogens is 254 g/mol. The Labute approximate surface area is 117 Å². The zero-order valence-electron chi connectivity index (χ0n) is 11.7. The molecule has 20 heavy (non-hydrogen) atoms. The lowest BCUT2D eigenvalue weighted by molar-refractivity contribution is 0.0934. The van der Waals surface area contributed by atoms with Gasteiger partial charge in [0.2, 0.25) is 0 Å². The van der Waals surface area contributed by atoms with Gasteiger partial charge in [0, 0.05) is 11.3 Å². The van der Waals surface area contributed by atoms with E-state index in [9.17, 15) is 9.59 Å². The van der Waals surface area contributed by atoms with E-state index >= 15 is 0 Å². The molecule has 5 nitrogen and oxygen atoms in total. The van der Waals surface area contributed by atoms with Crippen LogP contribution in [0.15, 0.2) is 30.3 Å². The second kappa shape index (κ2) is 5.69. The van der Waals surface area contributed by atoms with Crippen molar-refractivity contribution in [3.8, 4) is 0 Å². The highest BCUT2D eigenvalue weighted by molar-refractivity contribution is 5.94. The third kappa shape index (κ3) is 3.12. The number of aryl methyl sites for hydroxylation is 1. The second-order valence-electron chi connectivity index (χ2n) is 4.81. The monoisotopic (exact) mass is 271 g/mol. The Bertz CT molecular complexity index is 646. The average molecular weight is 271 g/mol. The van der Waals surface area contributed by atoms with Crippen LogP contribution in [0.25, 0.3) is 0 Å². The highest BCUT2D eigenvalue weighted by Crippen LogP contribution is 2.15. The SMILES string of the molecule is CC(=O)c1cccc(C(C)NC(=O)c2cc(C)[nH]n2)c1. The maximum absolute atomic E-state index is 12.0. The highest BCUT2D eigenvalue weighted by atomic mass is 16.2. The lowest BCUT2D eigenvalue weighted by Crippen LogP contribution is -2.27. The van der Waals surface area contributed by atoms with Gasteiger partial charge in [0.1, 0.15) is 5.69 Å². The van der Waals surface area contributed by atoms with Crippen molar-refractivity contribution < 1.29 is 9.59 Å². The summed E-state index contributed by atoms with van der Waals surface area (Å²) in [6.07, 6.45) is 0. The van der Waals surface area contributed by atoms with E-state index in [-0.39, 0.29) is 17.7 Å². The number of H-pyrrole nitrogens is 1. The molecule has 2 N–H and O–H groups in total. The number of benzene rings is 1. The van der Waals surface area contributed by atoms with Gasteiger partial charge >= 0.3 is 0 Å². The molecule has 0 spiro atoms. The van der Waals surface area contributed by atoms with Crippen LogP contribution in [0.4, 0.5) is 0 Å². The highest BCUT2D eigenvalue weighted by Gasteiger charge is 2.14. The number of amides is 1. The van der Waals surface area contributed by atoms with Crippen LogP contribution in [0.1, 0.15) is 52.0 Å². The summed E-state index contributed by atoms with van der Waals surface area (Å²) in [5, 5.41) is 9.51. The van der Waals surface area contributed by atoms with Gasteiger partial charge in [-0.05, 0) is 38.5 Å². The van der Waals surface area contributed by atoms with Crippen molar-refractivity contribution >= 4 is 11.7 Å². The number of nitrogens with zero attached hydrogens (tertiary/aromatic N) is 1. The van der Waals surface area contributed by atoms with E-state index in [1.165, 1.54) is 6.92 Å². The number of rotatable bonds is 4. The molecule has 0 aliphatic heterocycles. The van der Waals surface area contributed by atoms with Crippen molar-refractivity contribution in [3.05, 3.63) is 52.8 Å². The van der Waals surface area contributed by atoms with Crippen molar-refractivity contribution in [1.82, 2.24) is 15.5 Å². The Morgan fingerprint density at radius 2 is 2.05 bits per heavy atom. The van der Waals surface area contributed by atoms with Crippen molar-refractivity contribution in [1.29, 1.82) is 0 Å². The Kier molecular flexibility index (Phi) is 3.98. The van der Waals surface area contributed by atoms with Crippen molar-refractivity contribution in [3.63, 3.8) is 0 Å². The minimum Gasteiger partial charge on any atom is -0.344 e. The standard InChI is InChI=1S/C15H17N3O2/c1-9-7-14(18-17-9)15(20)16-10(2)12-5-4-6-13(8-12)11(3)19/h4-8,10H,1-3H3,(H,16,20)(H,17,18). The number of aromatic amines is 1. The summed E-state index contributed by atoms with van der Waals surface area (Å²) in [7, 11) is 0. The summed E-state index contributed by atoms with van der Waals surface area (Å²) in [5.41, 5.74) is 2.72. The fourth-order valence-corrected chi connectivity index (χ4v) is 1.92. The van der Waals surface area contributed by atoms with Crippen LogP contribution in [0, 0.1) is 6.92 Å². The number of aromatic nitrogens is 2. The van der Waals surface area contributed by atoms with E-state index in [1.54, 1.807) is 18.2 Å². The van der Waals surface area contributed by atoms with Gasteiger partial charge in [0.15, 0.2) is 5.78 Å². The lowest BCUT2D eigenvalue weighted by atomic mass is 10.0. The largest absolute Gasteiger partial charge is 0.344 e. The molecule has 104 valence electrons. The fraction of sp³-hybridized carbons (Fsp3) is 0.267. The Balaban J connectivity index is 2.12. The van der Waals surface area contributed by atoms with E-state index in [0.717, 1.165) is 11.3 Å². The van der Waals surface area contributed by atoms with Gasteiger partial charge < -0.3 is 5.32 Å². The third-order valence-corrected chi connectivity index (χ3v) is 3.08. The van der Waals surface area contributed by atoms with Crippen LogP contribution >= 0.6 is 0 Å². The first-order chi connectivity index (χ1) is 9.47. The molecule has 0 bridgehead atoms. The zero-order valence-corrected chi connectivity index (χ0v) is 11.7. The number of carbonyl (C=O) groups is 2. The van der Waals surface area contributed by atoms with E-state index in [2.05, 4.69) is 15.5 Å². The molecule has 1 aromatic carbocycles. The Morgan fingerprint density at radius 1 is 1.30 bits per heavy atom. The summed E-state index contributed by atoms with van der Waals surface area (Å²) < 4.78 is 0. The van der Waals surface area contributed by atoms with Crippen LogP contribution in [0.3, 0.4) is 0 Å². The van der Waals surface area contributed by atoms with Gasteiger partial charge in [0.05, 0.1) is 6.04 Å². The molecule has 1 aromatic heterocycles. The first-order valence-electron chi connectivity index (χ1n) is 6.41. The number of carbonyl (C=O) groups excluding carboxylic acids is 2. The summed E-state index contributed by atoms with van der Waals surface area (Å²) in [4.78, 5) is 23.4. The molecule has 1 heterocycles. The quantitative estimate of drug-likeness (QED) is 0.838. The Hall–Kier alpha value is -2.43. The number of nitrogens with one attached hydrogen (secondary N) is 2. The molecule has 0 saturated heterocycles. The van der Waals surface area contributed by atoms with E-state index in [1.807, 2.05) is 26.0 Å². The number of hydrogen-bond donors (Lipinski definition) is 2. The first kappa shape index (κ1) is 14.0. The van der Waals surface area contributed by atoms with E-state index in [4.69, 9.17) is 0 Å². The summed E-state index contributed by atoms with van der Waals surface area (Å²) >= 11 is 0. The summed E-state index contributed by atoms with van der Waals surface area (Å²) in [6.45, 7) is 5.23.